The Morgan fingerprint density at radius 1 is 0.885 bits per heavy atom. The van der Waals surface area contributed by atoms with E-state index in [-0.39, 0.29) is 5.91 Å². The summed E-state index contributed by atoms with van der Waals surface area (Å²) in [5, 5.41) is 3.39. The van der Waals surface area contributed by atoms with Gasteiger partial charge in [-0.2, -0.15) is 0 Å². The number of amides is 1. The molecular weight excluding hydrogens is 324 g/mol. The first-order valence-corrected chi connectivity index (χ1v) is 9.31. The third-order valence-corrected chi connectivity index (χ3v) is 4.89. The number of nitrogens with zero attached hydrogens (tertiary/aromatic N) is 1. The number of carbonyl (C=O) groups excluding carboxylic acids is 1. The van der Waals surface area contributed by atoms with Gasteiger partial charge in [-0.05, 0) is 35.1 Å². The molecule has 0 saturated carbocycles. The van der Waals surface area contributed by atoms with Gasteiger partial charge in [-0.25, -0.2) is 5.84 Å². The average Bonchev–Trinajstić information content (AvgIpc) is 2.69. The number of carbonyl (C=O) groups is 1. The zero-order chi connectivity index (χ0) is 18.2. The maximum atomic E-state index is 11.3. The predicted octanol–water partition coefficient (Wildman–Crippen LogP) is 1.41. The molecule has 0 unspecified atom stereocenters. The number of hydrazine groups is 1. The summed E-state index contributed by atoms with van der Waals surface area (Å²) < 4.78 is 0. The van der Waals surface area contributed by atoms with Crippen molar-refractivity contribution in [1.29, 1.82) is 0 Å². The molecule has 0 aliphatic carbocycles. The van der Waals surface area contributed by atoms with Crippen LogP contribution >= 0.6 is 0 Å². The summed E-state index contributed by atoms with van der Waals surface area (Å²) in [6, 6.07) is 17.2. The second kappa shape index (κ2) is 9.48. The van der Waals surface area contributed by atoms with Gasteiger partial charge in [0.05, 0.1) is 6.42 Å². The normalized spacial score (nSPS) is 15.0. The SMILES string of the molecule is NNC(=O)Cc1ccc(CCc2ccc(CN3CCNCC3)cc2)cc1. The van der Waals surface area contributed by atoms with Crippen LogP contribution in [0.25, 0.3) is 0 Å². The second-order valence-electron chi connectivity index (χ2n) is 6.90. The molecule has 0 bridgehead atoms. The average molecular weight is 352 g/mol. The van der Waals surface area contributed by atoms with Gasteiger partial charge in [0.1, 0.15) is 0 Å². The Balaban J connectivity index is 1.47. The van der Waals surface area contributed by atoms with E-state index >= 15 is 0 Å². The van der Waals surface area contributed by atoms with Gasteiger partial charge in [0.15, 0.2) is 0 Å². The van der Waals surface area contributed by atoms with Crippen molar-refractivity contribution in [1.82, 2.24) is 15.6 Å². The highest BCUT2D eigenvalue weighted by Gasteiger charge is 2.09. The van der Waals surface area contributed by atoms with Crippen LogP contribution in [0, 0.1) is 0 Å². The Kier molecular flexibility index (Phi) is 6.77. The van der Waals surface area contributed by atoms with Crippen molar-refractivity contribution in [3.8, 4) is 0 Å². The molecule has 2 aromatic carbocycles. The van der Waals surface area contributed by atoms with Crippen molar-refractivity contribution in [3.05, 3.63) is 70.8 Å². The van der Waals surface area contributed by atoms with Crippen LogP contribution in [0.1, 0.15) is 22.3 Å². The number of hydrogen-bond acceptors (Lipinski definition) is 4. The van der Waals surface area contributed by atoms with Crippen LogP contribution in [0.4, 0.5) is 0 Å². The topological polar surface area (TPSA) is 70.4 Å². The van der Waals surface area contributed by atoms with Crippen LogP contribution in [0.2, 0.25) is 0 Å². The molecule has 1 amide bonds. The van der Waals surface area contributed by atoms with E-state index in [4.69, 9.17) is 5.84 Å². The van der Waals surface area contributed by atoms with Crippen LogP contribution in [0.3, 0.4) is 0 Å². The number of nitrogens with two attached hydrogens (primary N) is 1. The van der Waals surface area contributed by atoms with Gasteiger partial charge in [0, 0.05) is 32.7 Å². The van der Waals surface area contributed by atoms with Crippen LogP contribution in [0.5, 0.6) is 0 Å². The molecule has 26 heavy (non-hydrogen) atoms. The van der Waals surface area contributed by atoms with Crippen molar-refractivity contribution in [2.24, 2.45) is 5.84 Å². The highest BCUT2D eigenvalue weighted by molar-refractivity contribution is 5.77. The van der Waals surface area contributed by atoms with Gasteiger partial charge in [0.25, 0.3) is 0 Å². The lowest BCUT2D eigenvalue weighted by molar-refractivity contribution is -0.120. The minimum absolute atomic E-state index is 0.168. The molecule has 1 heterocycles. The standard InChI is InChI=1S/C21H28N4O/c22-24-21(26)15-19-7-3-17(4-8-19)1-2-18-5-9-20(10-6-18)16-25-13-11-23-12-14-25/h3-10,23H,1-2,11-16,22H2,(H,24,26). The number of piperazine rings is 1. The summed E-state index contributed by atoms with van der Waals surface area (Å²) in [7, 11) is 0. The van der Waals surface area contributed by atoms with E-state index in [2.05, 4.69) is 52.0 Å². The second-order valence-corrected chi connectivity index (χ2v) is 6.90. The first-order valence-electron chi connectivity index (χ1n) is 9.31. The Morgan fingerprint density at radius 3 is 1.92 bits per heavy atom. The fraction of sp³-hybridized carbons (Fsp3) is 0.381. The number of hydrogen-bond donors (Lipinski definition) is 3. The smallest absolute Gasteiger partial charge is 0.238 e. The number of nitrogens with one attached hydrogen (secondary N) is 2. The Labute approximate surface area is 155 Å². The van der Waals surface area contributed by atoms with Crippen molar-refractivity contribution in [3.63, 3.8) is 0 Å². The number of rotatable bonds is 7. The van der Waals surface area contributed by atoms with Crippen LogP contribution in [-0.4, -0.2) is 37.0 Å². The van der Waals surface area contributed by atoms with E-state index in [1.165, 1.54) is 16.7 Å². The number of benzene rings is 2. The van der Waals surface area contributed by atoms with E-state index in [0.717, 1.165) is 51.1 Å². The van der Waals surface area contributed by atoms with Gasteiger partial charge in [-0.3, -0.25) is 15.1 Å². The van der Waals surface area contributed by atoms with E-state index in [1.807, 2.05) is 12.1 Å². The highest BCUT2D eigenvalue weighted by atomic mass is 16.2. The summed E-state index contributed by atoms with van der Waals surface area (Å²) in [5.41, 5.74) is 7.17. The molecule has 0 radical (unpaired) electrons. The monoisotopic (exact) mass is 352 g/mol. The first kappa shape index (κ1) is 18.6. The fourth-order valence-electron chi connectivity index (χ4n) is 3.29. The number of aryl methyl sites for hydroxylation is 2. The molecule has 138 valence electrons. The van der Waals surface area contributed by atoms with E-state index < -0.39 is 0 Å². The Morgan fingerprint density at radius 2 is 1.38 bits per heavy atom. The molecule has 1 saturated heterocycles. The molecule has 3 rings (SSSR count). The van der Waals surface area contributed by atoms with Crippen LogP contribution < -0.4 is 16.6 Å². The van der Waals surface area contributed by atoms with Gasteiger partial charge < -0.3 is 5.32 Å². The summed E-state index contributed by atoms with van der Waals surface area (Å²) in [6.45, 7) is 5.48. The molecular formula is C21H28N4O. The summed E-state index contributed by atoms with van der Waals surface area (Å²) in [6.07, 6.45) is 2.35. The van der Waals surface area contributed by atoms with Crippen LogP contribution in [0.15, 0.2) is 48.5 Å². The maximum absolute atomic E-state index is 11.3. The lowest BCUT2D eigenvalue weighted by atomic mass is 10.0. The molecule has 1 aliphatic rings. The Bertz CT molecular complexity index is 691. The summed E-state index contributed by atoms with van der Waals surface area (Å²) in [5.74, 6) is 4.95. The quantitative estimate of drug-likeness (QED) is 0.400. The molecule has 5 heteroatoms. The van der Waals surface area contributed by atoms with Crippen molar-refractivity contribution >= 4 is 5.91 Å². The Hall–Kier alpha value is -2.21. The van der Waals surface area contributed by atoms with Gasteiger partial charge >= 0.3 is 0 Å². The van der Waals surface area contributed by atoms with E-state index in [0.29, 0.717) is 6.42 Å². The zero-order valence-corrected chi connectivity index (χ0v) is 15.2. The largest absolute Gasteiger partial charge is 0.314 e. The predicted molar refractivity (Wildman–Crippen MR) is 104 cm³/mol. The van der Waals surface area contributed by atoms with Crippen LogP contribution in [-0.2, 0) is 30.6 Å². The van der Waals surface area contributed by atoms with Gasteiger partial charge in [0.2, 0.25) is 5.91 Å². The molecule has 4 N–H and O–H groups in total. The fourth-order valence-corrected chi connectivity index (χ4v) is 3.29. The molecule has 0 atom stereocenters. The highest BCUT2D eigenvalue weighted by Crippen LogP contribution is 2.12. The molecule has 1 fully saturated rings. The maximum Gasteiger partial charge on any atom is 0.238 e. The minimum atomic E-state index is -0.168. The third kappa shape index (κ3) is 5.66. The lowest BCUT2D eigenvalue weighted by Crippen LogP contribution is -2.42. The van der Waals surface area contributed by atoms with E-state index in [9.17, 15) is 4.79 Å². The van der Waals surface area contributed by atoms with Gasteiger partial charge in [-0.15, -0.1) is 0 Å². The summed E-state index contributed by atoms with van der Waals surface area (Å²) in [4.78, 5) is 13.8. The zero-order valence-electron chi connectivity index (χ0n) is 15.2. The molecule has 1 aliphatic heterocycles. The molecule has 0 aromatic heterocycles. The first-order chi connectivity index (χ1) is 12.7. The minimum Gasteiger partial charge on any atom is -0.314 e. The van der Waals surface area contributed by atoms with Gasteiger partial charge in [-0.1, -0.05) is 48.5 Å². The summed E-state index contributed by atoms with van der Waals surface area (Å²) >= 11 is 0. The molecule has 2 aromatic rings. The lowest BCUT2D eigenvalue weighted by Gasteiger charge is -2.27. The van der Waals surface area contributed by atoms with Crippen molar-refractivity contribution in [2.45, 2.75) is 25.8 Å². The third-order valence-electron chi connectivity index (χ3n) is 4.89. The molecule has 0 spiro atoms. The van der Waals surface area contributed by atoms with Crippen molar-refractivity contribution < 1.29 is 4.79 Å². The van der Waals surface area contributed by atoms with E-state index in [1.54, 1.807) is 0 Å². The molecule has 5 nitrogen and oxygen atoms in total. The van der Waals surface area contributed by atoms with Crippen molar-refractivity contribution in [2.75, 3.05) is 26.2 Å².